The first-order valence-electron chi connectivity index (χ1n) is 6.05. The summed E-state index contributed by atoms with van der Waals surface area (Å²) in [5.41, 5.74) is 5.89. The van der Waals surface area contributed by atoms with Gasteiger partial charge in [0.1, 0.15) is 0 Å². The molecule has 0 radical (unpaired) electrons. The van der Waals surface area contributed by atoms with Crippen molar-refractivity contribution in [1.29, 1.82) is 0 Å². The van der Waals surface area contributed by atoms with E-state index in [2.05, 4.69) is 15.3 Å². The number of benzene rings is 2. The number of H-pyrrole nitrogens is 1. The number of nitrogens with zero attached hydrogens (tertiary/aromatic N) is 1. The first kappa shape index (κ1) is 13.0. The van der Waals surface area contributed by atoms with Crippen molar-refractivity contribution in [3.63, 3.8) is 0 Å². The summed E-state index contributed by atoms with van der Waals surface area (Å²) in [6.45, 7) is 0. The summed E-state index contributed by atoms with van der Waals surface area (Å²) < 4.78 is 26.7. The minimum Gasteiger partial charge on any atom is -0.399 e. The van der Waals surface area contributed by atoms with Crippen LogP contribution in [0.15, 0.2) is 41.2 Å². The second-order valence-electron chi connectivity index (χ2n) is 4.42. The number of nitrogens with one attached hydrogen (secondary N) is 2. The van der Waals surface area contributed by atoms with Crippen LogP contribution in [0.5, 0.6) is 0 Å². The van der Waals surface area contributed by atoms with E-state index in [-0.39, 0.29) is 11.6 Å². The molecule has 0 amide bonds. The molecule has 21 heavy (non-hydrogen) atoms. The molecule has 106 valence electrons. The standard InChI is InChI=1S/C14H10F2N4O/c15-9-2-1-3-11(12(9)16)19-14-18-10-5-4-7(17)6-8(10)13(21)20-14/h1-6H,17H2,(H2,18,19,20,21). The second-order valence-corrected chi connectivity index (χ2v) is 4.42. The van der Waals surface area contributed by atoms with Crippen molar-refractivity contribution in [2.45, 2.75) is 0 Å². The van der Waals surface area contributed by atoms with E-state index >= 15 is 0 Å². The van der Waals surface area contributed by atoms with Gasteiger partial charge in [-0.05, 0) is 30.3 Å². The van der Waals surface area contributed by atoms with Crippen LogP contribution in [0.25, 0.3) is 10.9 Å². The molecular weight excluding hydrogens is 278 g/mol. The summed E-state index contributed by atoms with van der Waals surface area (Å²) in [5, 5.41) is 2.87. The topological polar surface area (TPSA) is 83.8 Å². The molecule has 0 spiro atoms. The van der Waals surface area contributed by atoms with Gasteiger partial charge in [0, 0.05) is 5.69 Å². The Balaban J connectivity index is 2.08. The van der Waals surface area contributed by atoms with Crippen LogP contribution < -0.4 is 16.6 Å². The monoisotopic (exact) mass is 288 g/mol. The molecule has 0 unspecified atom stereocenters. The molecule has 4 N–H and O–H groups in total. The van der Waals surface area contributed by atoms with Crippen molar-refractivity contribution in [2.75, 3.05) is 11.1 Å². The molecule has 0 saturated carbocycles. The van der Waals surface area contributed by atoms with Crippen molar-refractivity contribution < 1.29 is 8.78 Å². The zero-order chi connectivity index (χ0) is 15.0. The number of aromatic amines is 1. The molecule has 0 aliphatic carbocycles. The van der Waals surface area contributed by atoms with Crippen molar-refractivity contribution in [1.82, 2.24) is 9.97 Å². The molecular formula is C14H10F2N4O. The van der Waals surface area contributed by atoms with Crippen LogP contribution in [0.3, 0.4) is 0 Å². The van der Waals surface area contributed by atoms with E-state index in [1.165, 1.54) is 18.2 Å². The number of rotatable bonds is 2. The first-order valence-corrected chi connectivity index (χ1v) is 6.05. The van der Waals surface area contributed by atoms with E-state index in [0.717, 1.165) is 6.07 Å². The van der Waals surface area contributed by atoms with Gasteiger partial charge in [0.05, 0.1) is 16.6 Å². The Kier molecular flexibility index (Phi) is 3.02. The summed E-state index contributed by atoms with van der Waals surface area (Å²) in [6.07, 6.45) is 0. The maximum Gasteiger partial charge on any atom is 0.260 e. The highest BCUT2D eigenvalue weighted by atomic mass is 19.2. The number of nitrogen functional groups attached to an aromatic ring is 1. The lowest BCUT2D eigenvalue weighted by atomic mass is 10.2. The lowest BCUT2D eigenvalue weighted by Crippen LogP contribution is -2.12. The van der Waals surface area contributed by atoms with Crippen LogP contribution in [0.4, 0.5) is 26.1 Å². The van der Waals surface area contributed by atoms with Crippen LogP contribution in [-0.2, 0) is 0 Å². The van der Waals surface area contributed by atoms with Gasteiger partial charge in [-0.1, -0.05) is 6.07 Å². The highest BCUT2D eigenvalue weighted by molar-refractivity contribution is 5.82. The lowest BCUT2D eigenvalue weighted by molar-refractivity contribution is 0.511. The number of fused-ring (bicyclic) bond motifs is 1. The lowest BCUT2D eigenvalue weighted by Gasteiger charge is -2.08. The van der Waals surface area contributed by atoms with Crippen LogP contribution in [0, 0.1) is 11.6 Å². The van der Waals surface area contributed by atoms with Gasteiger partial charge in [0.2, 0.25) is 5.95 Å². The summed E-state index contributed by atoms with van der Waals surface area (Å²) in [6, 6.07) is 8.36. The molecule has 0 bridgehead atoms. The average Bonchev–Trinajstić information content (AvgIpc) is 2.45. The van der Waals surface area contributed by atoms with Crippen LogP contribution in [-0.4, -0.2) is 9.97 Å². The largest absolute Gasteiger partial charge is 0.399 e. The van der Waals surface area contributed by atoms with Gasteiger partial charge < -0.3 is 11.1 Å². The summed E-state index contributed by atoms with van der Waals surface area (Å²) in [4.78, 5) is 18.5. The van der Waals surface area contributed by atoms with E-state index in [9.17, 15) is 13.6 Å². The Hall–Kier alpha value is -2.96. The molecule has 7 heteroatoms. The molecule has 1 aromatic heterocycles. The Bertz CT molecular complexity index is 892. The number of anilines is 3. The van der Waals surface area contributed by atoms with Crippen molar-refractivity contribution in [2.24, 2.45) is 0 Å². The predicted octanol–water partition coefficient (Wildman–Crippen LogP) is 2.53. The second kappa shape index (κ2) is 4.86. The van der Waals surface area contributed by atoms with Gasteiger partial charge in [-0.15, -0.1) is 0 Å². The van der Waals surface area contributed by atoms with E-state index in [4.69, 9.17) is 5.73 Å². The maximum absolute atomic E-state index is 13.6. The number of halogens is 2. The summed E-state index contributed by atoms with van der Waals surface area (Å²) in [7, 11) is 0. The minimum atomic E-state index is -1.04. The quantitative estimate of drug-likeness (QED) is 0.633. The molecule has 1 heterocycles. The first-order chi connectivity index (χ1) is 10.0. The fraction of sp³-hybridized carbons (Fsp3) is 0. The van der Waals surface area contributed by atoms with Crippen LogP contribution in [0.1, 0.15) is 0 Å². The number of hydrogen-bond donors (Lipinski definition) is 3. The number of aromatic nitrogens is 2. The Labute approximate surface area is 117 Å². The van der Waals surface area contributed by atoms with Crippen LogP contribution in [0.2, 0.25) is 0 Å². The summed E-state index contributed by atoms with van der Waals surface area (Å²) >= 11 is 0. The van der Waals surface area contributed by atoms with E-state index in [1.807, 2.05) is 0 Å². The molecule has 0 saturated heterocycles. The third-order valence-electron chi connectivity index (χ3n) is 2.93. The third-order valence-corrected chi connectivity index (χ3v) is 2.93. The Morgan fingerprint density at radius 2 is 2.00 bits per heavy atom. The molecule has 0 aliphatic rings. The molecule has 0 atom stereocenters. The molecule has 0 aliphatic heterocycles. The van der Waals surface area contributed by atoms with Gasteiger partial charge in [0.15, 0.2) is 11.6 Å². The van der Waals surface area contributed by atoms with Gasteiger partial charge in [0.25, 0.3) is 5.56 Å². The van der Waals surface area contributed by atoms with Crippen molar-refractivity contribution in [3.8, 4) is 0 Å². The normalized spacial score (nSPS) is 10.8. The third kappa shape index (κ3) is 2.40. The van der Waals surface area contributed by atoms with E-state index in [0.29, 0.717) is 16.6 Å². The van der Waals surface area contributed by atoms with Gasteiger partial charge in [-0.25, -0.2) is 13.8 Å². The Morgan fingerprint density at radius 3 is 2.81 bits per heavy atom. The van der Waals surface area contributed by atoms with Crippen molar-refractivity contribution in [3.05, 3.63) is 58.4 Å². The highest BCUT2D eigenvalue weighted by Crippen LogP contribution is 2.20. The average molecular weight is 288 g/mol. The summed E-state index contributed by atoms with van der Waals surface area (Å²) in [5.74, 6) is -2.02. The minimum absolute atomic E-state index is 0.0155. The smallest absolute Gasteiger partial charge is 0.260 e. The Morgan fingerprint density at radius 1 is 1.19 bits per heavy atom. The molecule has 5 nitrogen and oxygen atoms in total. The zero-order valence-corrected chi connectivity index (χ0v) is 10.7. The van der Waals surface area contributed by atoms with E-state index < -0.39 is 17.2 Å². The van der Waals surface area contributed by atoms with E-state index in [1.54, 1.807) is 12.1 Å². The van der Waals surface area contributed by atoms with Crippen molar-refractivity contribution >= 4 is 28.2 Å². The fourth-order valence-electron chi connectivity index (χ4n) is 1.94. The number of nitrogens with two attached hydrogens (primary N) is 1. The molecule has 3 aromatic rings. The van der Waals surface area contributed by atoms with Gasteiger partial charge >= 0.3 is 0 Å². The van der Waals surface area contributed by atoms with Crippen LogP contribution >= 0.6 is 0 Å². The maximum atomic E-state index is 13.6. The zero-order valence-electron chi connectivity index (χ0n) is 10.7. The number of hydrogen-bond acceptors (Lipinski definition) is 4. The van der Waals surface area contributed by atoms with Gasteiger partial charge in [-0.2, -0.15) is 0 Å². The SMILES string of the molecule is Nc1ccc2nc(Nc3cccc(F)c3F)[nH]c(=O)c2c1. The molecule has 3 rings (SSSR count). The molecule has 0 fully saturated rings. The van der Waals surface area contributed by atoms with Gasteiger partial charge in [-0.3, -0.25) is 9.78 Å². The fourth-order valence-corrected chi connectivity index (χ4v) is 1.94. The predicted molar refractivity (Wildman–Crippen MR) is 76.4 cm³/mol. The highest BCUT2D eigenvalue weighted by Gasteiger charge is 2.10. The molecule has 2 aromatic carbocycles.